The quantitative estimate of drug-likeness (QED) is 0.138. The van der Waals surface area contributed by atoms with Crippen molar-refractivity contribution in [3.63, 3.8) is 0 Å². The molecule has 0 unspecified atom stereocenters. The zero-order valence-corrected chi connectivity index (χ0v) is 30.3. The van der Waals surface area contributed by atoms with Crippen molar-refractivity contribution in [2.45, 2.75) is 178 Å². The van der Waals surface area contributed by atoms with Gasteiger partial charge < -0.3 is 11.4 Å². The summed E-state index contributed by atoms with van der Waals surface area (Å²) in [5, 5.41) is 0. The van der Waals surface area contributed by atoms with Gasteiger partial charge in [0.1, 0.15) is 0 Å². The third kappa shape index (κ3) is 10.7. The molecule has 0 spiro atoms. The molecule has 0 aromatic carbocycles. The van der Waals surface area contributed by atoms with Crippen LogP contribution >= 0.6 is 0 Å². The molecule has 0 saturated heterocycles. The number of unbranched alkanes of at least 4 members (excludes halogenated alkanes) is 3. The summed E-state index contributed by atoms with van der Waals surface area (Å²) in [7, 11) is 0. The predicted molar refractivity (Wildman–Crippen MR) is 165 cm³/mol. The van der Waals surface area contributed by atoms with Gasteiger partial charge in [0.05, 0.1) is 0 Å². The van der Waals surface area contributed by atoms with Crippen LogP contribution in [0.4, 0.5) is 0 Å². The molecule has 1 radical (unpaired) electrons. The summed E-state index contributed by atoms with van der Waals surface area (Å²) in [6, 6.07) is 0. The molecule has 0 saturated carbocycles. The second-order valence-electron chi connectivity index (χ2n) is 13.7. The van der Waals surface area contributed by atoms with E-state index in [0.717, 1.165) is 19.3 Å². The Kier molecular flexibility index (Phi) is 20.8. The van der Waals surface area contributed by atoms with Gasteiger partial charge in [-0.15, -0.1) is 0 Å². The van der Waals surface area contributed by atoms with Crippen molar-refractivity contribution >= 4 is 15.1 Å². The van der Waals surface area contributed by atoms with Gasteiger partial charge in [0.25, 0.3) is 0 Å². The first-order valence-corrected chi connectivity index (χ1v) is 17.6. The topological polar surface area (TPSA) is 27.7 Å². The minimum Gasteiger partial charge on any atom is -0.629 e. The van der Waals surface area contributed by atoms with E-state index in [-0.39, 0.29) is 35.7 Å². The minimum absolute atomic E-state index is 0. The molecule has 0 amide bonds. The Labute approximate surface area is 258 Å². The molecule has 0 fully saturated rings. The van der Waals surface area contributed by atoms with Gasteiger partial charge in [0.2, 0.25) is 0 Å². The van der Waals surface area contributed by atoms with Crippen LogP contribution in [-0.2, 0) is 11.4 Å². The Morgan fingerprint density at radius 1 is 0.421 bits per heavy atom. The molecule has 38 heavy (non-hydrogen) atoms. The standard InChI is InChI=1S/3C11H23O.Al.Li/c3*1-6-7-8-11(12,9(2)3)10(4)5;;/h3*9-10H,6-8H2,1-5H3;;/q3*-1;+2;+1. The van der Waals surface area contributed by atoms with E-state index in [0.29, 0.717) is 35.5 Å². The van der Waals surface area contributed by atoms with Crippen molar-refractivity contribution in [1.82, 2.24) is 0 Å². The first-order chi connectivity index (χ1) is 17.1. The van der Waals surface area contributed by atoms with Crippen LogP contribution < -0.4 is 18.9 Å². The van der Waals surface area contributed by atoms with E-state index in [1.54, 1.807) is 0 Å². The van der Waals surface area contributed by atoms with Crippen molar-refractivity contribution in [3.05, 3.63) is 0 Å². The number of hydrogen-bond acceptors (Lipinski definition) is 3. The van der Waals surface area contributed by atoms with Crippen LogP contribution in [0.5, 0.6) is 0 Å². The molecule has 0 bridgehead atoms. The van der Waals surface area contributed by atoms with Crippen molar-refractivity contribution in [2.24, 2.45) is 35.5 Å². The summed E-state index contributed by atoms with van der Waals surface area (Å²) in [4.78, 5) is 0. The van der Waals surface area contributed by atoms with Crippen LogP contribution in [-0.4, -0.2) is 32.0 Å². The molecule has 0 rings (SSSR count). The van der Waals surface area contributed by atoms with Gasteiger partial charge in [-0.25, -0.2) is 0 Å². The fourth-order valence-electron chi connectivity index (χ4n) is 6.69. The van der Waals surface area contributed by atoms with Gasteiger partial charge in [0.15, 0.2) is 0 Å². The summed E-state index contributed by atoms with van der Waals surface area (Å²) in [5.74, 6) is 2.38. The van der Waals surface area contributed by atoms with Gasteiger partial charge in [-0.2, -0.15) is 0 Å². The van der Waals surface area contributed by atoms with Crippen molar-refractivity contribution < 1.29 is 30.2 Å². The van der Waals surface area contributed by atoms with Gasteiger partial charge >= 0.3 is 34.0 Å². The molecule has 0 aliphatic rings. The van der Waals surface area contributed by atoms with Crippen molar-refractivity contribution in [1.29, 1.82) is 0 Å². The maximum Gasteiger partial charge on any atom is 1.00 e. The molecule has 223 valence electrons. The molecular weight excluding hydrogens is 478 g/mol. The summed E-state index contributed by atoms with van der Waals surface area (Å²) in [6.07, 6.45) is 10.2. The zero-order valence-electron chi connectivity index (χ0n) is 29.1. The van der Waals surface area contributed by atoms with Crippen molar-refractivity contribution in [2.75, 3.05) is 0 Å². The smallest absolute Gasteiger partial charge is 0.629 e. The van der Waals surface area contributed by atoms with E-state index in [1.165, 1.54) is 38.5 Å². The molecular formula is C33H69AlLiO3. The molecule has 0 aliphatic heterocycles. The second-order valence-corrected chi connectivity index (χ2v) is 15.0. The third-order valence-corrected chi connectivity index (χ3v) is 11.5. The summed E-state index contributed by atoms with van der Waals surface area (Å²) in [5.41, 5.74) is -0.703. The number of hydrogen-bond donors (Lipinski definition) is 0. The third-order valence-electron chi connectivity index (χ3n) is 9.57. The monoisotopic (exact) mass is 548 g/mol. The van der Waals surface area contributed by atoms with E-state index in [4.69, 9.17) is 11.4 Å². The minimum atomic E-state index is -2.57. The Bertz CT molecular complexity index is 484. The molecule has 0 aliphatic carbocycles. The molecule has 0 aromatic heterocycles. The van der Waals surface area contributed by atoms with Crippen LogP contribution in [0.3, 0.4) is 0 Å². The first-order valence-electron chi connectivity index (χ1n) is 16.2. The maximum absolute atomic E-state index is 7.43. The Hall–Kier alpha value is 1.01. The predicted octanol–water partition coefficient (Wildman–Crippen LogP) is 7.75. The summed E-state index contributed by atoms with van der Waals surface area (Å²) in [6.45, 7) is 34.9. The average molecular weight is 548 g/mol. The van der Waals surface area contributed by atoms with Crippen molar-refractivity contribution in [3.8, 4) is 0 Å². The molecule has 3 nitrogen and oxygen atoms in total. The van der Waals surface area contributed by atoms with Gasteiger partial charge in [-0.05, 0) is 54.8 Å². The van der Waals surface area contributed by atoms with Crippen LogP contribution in [0.15, 0.2) is 0 Å². The maximum atomic E-state index is 7.43. The van der Waals surface area contributed by atoms with Crippen LogP contribution in [0, 0.1) is 35.5 Å². The molecule has 0 atom stereocenters. The van der Waals surface area contributed by atoms with E-state index >= 15 is 0 Å². The second kappa shape index (κ2) is 19.2. The van der Waals surface area contributed by atoms with E-state index in [9.17, 15) is 0 Å². The van der Waals surface area contributed by atoms with Crippen LogP contribution in [0.1, 0.15) is 162 Å². The van der Waals surface area contributed by atoms with Crippen LogP contribution in [0.25, 0.3) is 0 Å². The Morgan fingerprint density at radius 2 is 0.605 bits per heavy atom. The Morgan fingerprint density at radius 3 is 0.737 bits per heavy atom. The Balaban J connectivity index is 0. The van der Waals surface area contributed by atoms with Gasteiger partial charge in [0, 0.05) is 16.8 Å². The summed E-state index contributed by atoms with van der Waals surface area (Å²) < 4.78 is 22.3. The van der Waals surface area contributed by atoms with Gasteiger partial charge in [-0.3, -0.25) is 0 Å². The largest absolute Gasteiger partial charge is 1.00 e. The molecule has 0 N–H and O–H groups in total. The normalized spacial score (nSPS) is 13.7. The van der Waals surface area contributed by atoms with E-state index in [2.05, 4.69) is 104 Å². The average Bonchev–Trinajstić information content (AvgIpc) is 2.80. The van der Waals surface area contributed by atoms with E-state index in [1.807, 2.05) is 0 Å². The van der Waals surface area contributed by atoms with E-state index < -0.39 is 15.1 Å². The first kappa shape index (κ1) is 41.1. The number of rotatable bonds is 21. The molecule has 0 heterocycles. The van der Waals surface area contributed by atoms with Gasteiger partial charge in [-0.1, -0.05) is 142 Å². The molecule has 5 heteroatoms. The summed E-state index contributed by atoms with van der Waals surface area (Å²) >= 11 is -2.57. The molecule has 0 aromatic rings. The SMILES string of the molecule is CCCCC([O][Al-]([O]C(CCCC)(C(C)C)C(C)C)[O]C(CCCC)(C(C)C)C(C)C)(C(C)C)C(C)C.[Li+]. The van der Waals surface area contributed by atoms with Crippen LogP contribution in [0.2, 0.25) is 0 Å². The fraction of sp³-hybridized carbons (Fsp3) is 1.00. The zero-order chi connectivity index (χ0) is 29.0. The fourth-order valence-corrected chi connectivity index (χ4v) is 9.90.